The van der Waals surface area contributed by atoms with Crippen LogP contribution >= 0.6 is 0 Å². The molecule has 0 spiro atoms. The van der Waals surface area contributed by atoms with Gasteiger partial charge in [0.1, 0.15) is 0 Å². The van der Waals surface area contributed by atoms with E-state index in [1.807, 2.05) is 20.8 Å². The third-order valence-corrected chi connectivity index (χ3v) is 1.64. The molecule has 2 nitrogen and oxygen atoms in total. The molecular weight excluding hydrogens is 162 g/mol. The van der Waals surface area contributed by atoms with Crippen LogP contribution < -0.4 is 5.32 Å². The lowest BCUT2D eigenvalue weighted by Crippen LogP contribution is -2.41. The second kappa shape index (κ2) is 4.71. The lowest BCUT2D eigenvalue weighted by Gasteiger charge is -2.26. The summed E-state index contributed by atoms with van der Waals surface area (Å²) in [6.45, 7) is 7.77. The molecule has 0 heterocycles. The van der Waals surface area contributed by atoms with Crippen molar-refractivity contribution >= 4 is 5.91 Å². The summed E-state index contributed by atoms with van der Waals surface area (Å²) in [5.74, 6) is 2.43. The third kappa shape index (κ3) is 4.37. The fraction of sp³-hybridized carbons (Fsp3) is 0.545. The van der Waals surface area contributed by atoms with Crippen LogP contribution in [0.1, 0.15) is 27.7 Å². The average molecular weight is 179 g/mol. The lowest BCUT2D eigenvalue weighted by atomic mass is 9.87. The molecule has 0 saturated carbocycles. The molecule has 0 fully saturated rings. The third-order valence-electron chi connectivity index (χ3n) is 1.64. The number of nitrogens with one attached hydrogen (secondary N) is 1. The van der Waals surface area contributed by atoms with Crippen LogP contribution in [0.3, 0.4) is 0 Å². The number of terminal acetylenes is 1. The van der Waals surface area contributed by atoms with E-state index in [1.165, 1.54) is 6.08 Å². The molecule has 1 N–H and O–H groups in total. The Kier molecular flexibility index (Phi) is 4.27. The van der Waals surface area contributed by atoms with Crippen LogP contribution in [-0.2, 0) is 4.79 Å². The molecule has 0 bridgehead atoms. The Morgan fingerprint density at radius 2 is 2.08 bits per heavy atom. The SMILES string of the molecule is C#CC(NC(=O)/C=C/C)C(C)(C)C. The van der Waals surface area contributed by atoms with E-state index in [9.17, 15) is 4.79 Å². The number of allylic oxidation sites excluding steroid dienone is 1. The van der Waals surface area contributed by atoms with E-state index in [2.05, 4.69) is 11.2 Å². The average Bonchev–Trinajstić information content (AvgIpc) is 1.98. The van der Waals surface area contributed by atoms with Gasteiger partial charge in [0, 0.05) is 0 Å². The van der Waals surface area contributed by atoms with Crippen molar-refractivity contribution in [1.82, 2.24) is 5.32 Å². The summed E-state index contributed by atoms with van der Waals surface area (Å²) in [4.78, 5) is 11.2. The van der Waals surface area contributed by atoms with E-state index in [1.54, 1.807) is 13.0 Å². The maximum Gasteiger partial charge on any atom is 0.244 e. The number of carbonyl (C=O) groups excluding carboxylic acids is 1. The normalized spacial score (nSPS) is 13.8. The highest BCUT2D eigenvalue weighted by Gasteiger charge is 2.23. The summed E-state index contributed by atoms with van der Waals surface area (Å²) in [5, 5.41) is 2.75. The second-order valence-electron chi connectivity index (χ2n) is 3.97. The van der Waals surface area contributed by atoms with Gasteiger partial charge in [-0.15, -0.1) is 6.42 Å². The Bertz CT molecular complexity index is 240. The summed E-state index contributed by atoms with van der Waals surface area (Å²) in [7, 11) is 0. The van der Waals surface area contributed by atoms with Crippen LogP contribution in [0.15, 0.2) is 12.2 Å². The fourth-order valence-electron chi connectivity index (χ4n) is 0.850. The van der Waals surface area contributed by atoms with Gasteiger partial charge in [0.2, 0.25) is 5.91 Å². The van der Waals surface area contributed by atoms with Gasteiger partial charge in [-0.3, -0.25) is 4.79 Å². The highest BCUT2D eigenvalue weighted by atomic mass is 16.1. The molecule has 1 atom stereocenters. The minimum absolute atomic E-state index is 0.105. The highest BCUT2D eigenvalue weighted by molar-refractivity contribution is 5.87. The monoisotopic (exact) mass is 179 g/mol. The first-order valence-corrected chi connectivity index (χ1v) is 4.31. The summed E-state index contributed by atoms with van der Waals surface area (Å²) in [6.07, 6.45) is 8.47. The minimum atomic E-state index is -0.226. The molecule has 72 valence electrons. The van der Waals surface area contributed by atoms with Gasteiger partial charge in [0.25, 0.3) is 0 Å². The zero-order chi connectivity index (χ0) is 10.5. The topological polar surface area (TPSA) is 29.1 Å². The van der Waals surface area contributed by atoms with Crippen LogP contribution in [0.5, 0.6) is 0 Å². The summed E-state index contributed by atoms with van der Waals surface area (Å²) >= 11 is 0. The van der Waals surface area contributed by atoms with Crippen LogP contribution in [-0.4, -0.2) is 11.9 Å². The van der Waals surface area contributed by atoms with Crippen molar-refractivity contribution in [2.45, 2.75) is 33.7 Å². The Balaban J connectivity index is 4.33. The van der Waals surface area contributed by atoms with E-state index in [0.29, 0.717) is 0 Å². The molecule has 0 aromatic heterocycles. The summed E-state index contributed by atoms with van der Waals surface area (Å²) in [5.41, 5.74) is -0.105. The Morgan fingerprint density at radius 3 is 2.38 bits per heavy atom. The largest absolute Gasteiger partial charge is 0.338 e. The maximum atomic E-state index is 11.2. The molecule has 1 amide bonds. The van der Waals surface area contributed by atoms with Crippen molar-refractivity contribution in [3.05, 3.63) is 12.2 Å². The van der Waals surface area contributed by atoms with Crippen LogP contribution in [0.4, 0.5) is 0 Å². The van der Waals surface area contributed by atoms with Gasteiger partial charge in [-0.1, -0.05) is 32.8 Å². The predicted molar refractivity (Wildman–Crippen MR) is 55.0 cm³/mol. The van der Waals surface area contributed by atoms with E-state index >= 15 is 0 Å². The summed E-state index contributed by atoms with van der Waals surface area (Å²) < 4.78 is 0. The van der Waals surface area contributed by atoms with Crippen molar-refractivity contribution in [2.24, 2.45) is 5.41 Å². The van der Waals surface area contributed by atoms with E-state index in [-0.39, 0.29) is 17.4 Å². The zero-order valence-electron chi connectivity index (χ0n) is 8.72. The van der Waals surface area contributed by atoms with E-state index in [0.717, 1.165) is 0 Å². The van der Waals surface area contributed by atoms with Gasteiger partial charge in [0.15, 0.2) is 0 Å². The molecule has 1 unspecified atom stereocenters. The van der Waals surface area contributed by atoms with Gasteiger partial charge in [0.05, 0.1) is 6.04 Å². The maximum absolute atomic E-state index is 11.2. The van der Waals surface area contributed by atoms with Gasteiger partial charge in [-0.2, -0.15) is 0 Å². The van der Waals surface area contributed by atoms with E-state index in [4.69, 9.17) is 6.42 Å². The van der Waals surface area contributed by atoms with Crippen molar-refractivity contribution in [3.63, 3.8) is 0 Å². The molecule has 2 heteroatoms. The second-order valence-corrected chi connectivity index (χ2v) is 3.97. The molecule has 0 aliphatic heterocycles. The zero-order valence-corrected chi connectivity index (χ0v) is 8.72. The molecule has 0 rings (SSSR count). The van der Waals surface area contributed by atoms with Gasteiger partial charge < -0.3 is 5.32 Å². The Morgan fingerprint density at radius 1 is 1.54 bits per heavy atom. The van der Waals surface area contributed by atoms with Crippen LogP contribution in [0.2, 0.25) is 0 Å². The first-order valence-electron chi connectivity index (χ1n) is 4.31. The molecule has 0 aliphatic rings. The molecular formula is C11H17NO. The van der Waals surface area contributed by atoms with Gasteiger partial charge in [-0.05, 0) is 18.4 Å². The molecule has 0 saturated heterocycles. The van der Waals surface area contributed by atoms with E-state index < -0.39 is 0 Å². The minimum Gasteiger partial charge on any atom is -0.338 e. The number of hydrogen-bond acceptors (Lipinski definition) is 1. The highest BCUT2D eigenvalue weighted by Crippen LogP contribution is 2.18. The first-order chi connectivity index (χ1) is 5.91. The van der Waals surface area contributed by atoms with Crippen molar-refractivity contribution in [2.75, 3.05) is 0 Å². The first kappa shape index (κ1) is 11.8. The standard InChI is InChI=1S/C11H17NO/c1-6-8-10(13)12-9(7-2)11(3,4)5/h2,6,8-9H,1,3-5H3,(H,12,13)/b8-6+. The van der Waals surface area contributed by atoms with Crippen molar-refractivity contribution < 1.29 is 4.79 Å². The van der Waals surface area contributed by atoms with Crippen molar-refractivity contribution in [3.8, 4) is 12.3 Å². The number of rotatable bonds is 2. The number of amides is 1. The molecule has 13 heavy (non-hydrogen) atoms. The van der Waals surface area contributed by atoms with Gasteiger partial charge >= 0.3 is 0 Å². The Labute approximate surface area is 80.4 Å². The quantitative estimate of drug-likeness (QED) is 0.507. The molecule has 0 radical (unpaired) electrons. The lowest BCUT2D eigenvalue weighted by molar-refractivity contribution is -0.117. The fourth-order valence-corrected chi connectivity index (χ4v) is 0.850. The van der Waals surface area contributed by atoms with Gasteiger partial charge in [-0.25, -0.2) is 0 Å². The molecule has 0 aromatic rings. The molecule has 0 aliphatic carbocycles. The van der Waals surface area contributed by atoms with Crippen molar-refractivity contribution in [1.29, 1.82) is 0 Å². The molecule has 0 aromatic carbocycles. The smallest absolute Gasteiger partial charge is 0.244 e. The summed E-state index contributed by atoms with van der Waals surface area (Å²) in [6, 6.07) is -0.226. The predicted octanol–water partition coefficient (Wildman–Crippen LogP) is 1.73. The van der Waals surface area contributed by atoms with Crippen LogP contribution in [0.25, 0.3) is 0 Å². The Hall–Kier alpha value is -1.23. The number of hydrogen-bond donors (Lipinski definition) is 1. The van der Waals surface area contributed by atoms with Crippen LogP contribution in [0, 0.1) is 17.8 Å². The number of carbonyl (C=O) groups is 1.